The van der Waals surface area contributed by atoms with Crippen LogP contribution in [0.25, 0.3) is 0 Å². The normalized spacial score (nSPS) is 20.7. The van der Waals surface area contributed by atoms with Crippen LogP contribution in [0.1, 0.15) is 45.7 Å². The van der Waals surface area contributed by atoms with Crippen LogP contribution in [0, 0.1) is 5.92 Å². The molecule has 0 saturated carbocycles. The minimum Gasteiger partial charge on any atom is -0.432 e. The number of hydrogen-bond donors (Lipinski definition) is 1. The Morgan fingerprint density at radius 3 is 3.06 bits per heavy atom. The van der Waals surface area contributed by atoms with Gasteiger partial charge in [0.1, 0.15) is 6.26 Å². The molecule has 1 aromatic rings. The minimum atomic E-state index is 0.550. The third-order valence-electron chi connectivity index (χ3n) is 3.45. The summed E-state index contributed by atoms with van der Waals surface area (Å²) in [5.74, 6) is 0.665. The molecule has 0 spiro atoms. The first-order chi connectivity index (χ1) is 8.66. The predicted octanol–water partition coefficient (Wildman–Crippen LogP) is 2.80. The highest BCUT2D eigenvalue weighted by Crippen LogP contribution is 2.23. The molecule has 4 nitrogen and oxygen atoms in total. The Morgan fingerprint density at radius 2 is 2.33 bits per heavy atom. The highest BCUT2D eigenvalue weighted by Gasteiger charge is 2.22. The third kappa shape index (κ3) is 3.48. The van der Waals surface area contributed by atoms with Crippen LogP contribution < -0.4 is 10.2 Å². The van der Waals surface area contributed by atoms with Crippen molar-refractivity contribution in [2.45, 2.75) is 52.6 Å². The van der Waals surface area contributed by atoms with Gasteiger partial charge in [-0.25, -0.2) is 0 Å². The van der Waals surface area contributed by atoms with Crippen molar-refractivity contribution in [1.82, 2.24) is 10.3 Å². The maximum Gasteiger partial charge on any atom is 0.297 e. The number of rotatable bonds is 5. The molecule has 2 heterocycles. The van der Waals surface area contributed by atoms with E-state index >= 15 is 0 Å². The highest BCUT2D eigenvalue weighted by atomic mass is 16.4. The lowest BCUT2D eigenvalue weighted by Crippen LogP contribution is -2.37. The SMILES string of the molecule is CC(C)CNCc1coc(N2CCCCC2C)n1. The molecule has 1 N–H and O–H groups in total. The summed E-state index contributed by atoms with van der Waals surface area (Å²) in [6.45, 7) is 9.54. The molecule has 2 rings (SSSR count). The smallest absolute Gasteiger partial charge is 0.297 e. The fraction of sp³-hybridized carbons (Fsp3) is 0.786. The Hall–Kier alpha value is -1.03. The van der Waals surface area contributed by atoms with Crippen LogP contribution >= 0.6 is 0 Å². The van der Waals surface area contributed by atoms with Crippen molar-refractivity contribution in [2.75, 3.05) is 18.0 Å². The van der Waals surface area contributed by atoms with Gasteiger partial charge < -0.3 is 14.6 Å². The fourth-order valence-electron chi connectivity index (χ4n) is 2.38. The summed E-state index contributed by atoms with van der Waals surface area (Å²) in [6, 6.07) is 1.34. The van der Waals surface area contributed by atoms with Crippen molar-refractivity contribution in [2.24, 2.45) is 5.92 Å². The molecule has 1 aromatic heterocycles. The number of nitrogens with zero attached hydrogens (tertiary/aromatic N) is 2. The van der Waals surface area contributed by atoms with Crippen molar-refractivity contribution in [1.29, 1.82) is 0 Å². The van der Waals surface area contributed by atoms with Crippen molar-refractivity contribution in [3.63, 3.8) is 0 Å². The van der Waals surface area contributed by atoms with Gasteiger partial charge in [-0.05, 0) is 38.6 Å². The number of hydrogen-bond acceptors (Lipinski definition) is 4. The quantitative estimate of drug-likeness (QED) is 0.873. The van der Waals surface area contributed by atoms with E-state index in [-0.39, 0.29) is 0 Å². The first-order valence-corrected chi connectivity index (χ1v) is 7.08. The van der Waals surface area contributed by atoms with Gasteiger partial charge in [0.2, 0.25) is 0 Å². The monoisotopic (exact) mass is 251 g/mol. The Morgan fingerprint density at radius 1 is 1.50 bits per heavy atom. The van der Waals surface area contributed by atoms with Crippen LogP contribution in [0.2, 0.25) is 0 Å². The van der Waals surface area contributed by atoms with Crippen LogP contribution in [0.4, 0.5) is 6.01 Å². The molecule has 1 atom stereocenters. The van der Waals surface area contributed by atoms with E-state index in [1.54, 1.807) is 6.26 Å². The highest BCUT2D eigenvalue weighted by molar-refractivity contribution is 5.29. The van der Waals surface area contributed by atoms with Gasteiger partial charge in [0.15, 0.2) is 0 Å². The average molecular weight is 251 g/mol. The number of aromatic nitrogens is 1. The van der Waals surface area contributed by atoms with Gasteiger partial charge in [0.05, 0.1) is 5.69 Å². The summed E-state index contributed by atoms with van der Waals surface area (Å²) in [5.41, 5.74) is 1.00. The van der Waals surface area contributed by atoms with Gasteiger partial charge in [-0.15, -0.1) is 0 Å². The minimum absolute atomic E-state index is 0.550. The Labute approximate surface area is 110 Å². The second-order valence-electron chi connectivity index (χ2n) is 5.68. The zero-order valence-electron chi connectivity index (χ0n) is 11.8. The second-order valence-corrected chi connectivity index (χ2v) is 5.68. The zero-order chi connectivity index (χ0) is 13.0. The molecule has 1 saturated heterocycles. The van der Waals surface area contributed by atoms with Gasteiger partial charge >= 0.3 is 0 Å². The lowest BCUT2D eigenvalue weighted by atomic mass is 10.0. The summed E-state index contributed by atoms with van der Waals surface area (Å²) in [7, 11) is 0. The summed E-state index contributed by atoms with van der Waals surface area (Å²) in [5, 5.41) is 3.39. The number of piperidine rings is 1. The van der Waals surface area contributed by atoms with Gasteiger partial charge in [-0.3, -0.25) is 0 Å². The molecule has 102 valence electrons. The van der Waals surface area contributed by atoms with Gasteiger partial charge in [0, 0.05) is 19.1 Å². The summed E-state index contributed by atoms with van der Waals surface area (Å²) < 4.78 is 5.61. The molecule has 0 bridgehead atoms. The standard InChI is InChI=1S/C14H25N3O/c1-11(2)8-15-9-13-10-18-14(16-13)17-7-5-4-6-12(17)3/h10-12,15H,4-9H2,1-3H3. The largest absolute Gasteiger partial charge is 0.432 e. The van der Waals surface area contributed by atoms with Crippen molar-refractivity contribution in [3.8, 4) is 0 Å². The number of oxazole rings is 1. The van der Waals surface area contributed by atoms with Crippen molar-refractivity contribution >= 4 is 6.01 Å². The number of nitrogens with one attached hydrogen (secondary N) is 1. The van der Waals surface area contributed by atoms with Gasteiger partial charge in [-0.1, -0.05) is 13.8 Å². The van der Waals surface area contributed by atoms with Crippen LogP contribution in [0.15, 0.2) is 10.7 Å². The first kappa shape index (κ1) is 13.4. The van der Waals surface area contributed by atoms with Crippen molar-refractivity contribution < 1.29 is 4.42 Å². The van der Waals surface area contributed by atoms with E-state index in [4.69, 9.17) is 4.42 Å². The molecule has 1 unspecified atom stereocenters. The molecule has 0 radical (unpaired) electrons. The molecule has 1 aliphatic heterocycles. The lowest BCUT2D eigenvalue weighted by molar-refractivity contribution is 0.434. The fourth-order valence-corrected chi connectivity index (χ4v) is 2.38. The van der Waals surface area contributed by atoms with Crippen LogP contribution in [0.5, 0.6) is 0 Å². The van der Waals surface area contributed by atoms with E-state index in [1.807, 2.05) is 0 Å². The Balaban J connectivity index is 1.88. The lowest BCUT2D eigenvalue weighted by Gasteiger charge is -2.31. The average Bonchev–Trinajstić information content (AvgIpc) is 2.78. The van der Waals surface area contributed by atoms with E-state index < -0.39 is 0 Å². The maximum atomic E-state index is 5.61. The molecule has 1 fully saturated rings. The second kappa shape index (κ2) is 6.23. The Bertz CT molecular complexity index is 362. The predicted molar refractivity (Wildman–Crippen MR) is 73.7 cm³/mol. The van der Waals surface area contributed by atoms with Crippen LogP contribution in [-0.4, -0.2) is 24.1 Å². The molecule has 18 heavy (non-hydrogen) atoms. The third-order valence-corrected chi connectivity index (χ3v) is 3.45. The van der Waals surface area contributed by atoms with Crippen LogP contribution in [0.3, 0.4) is 0 Å². The van der Waals surface area contributed by atoms with Gasteiger partial charge in [-0.2, -0.15) is 4.98 Å². The molecular weight excluding hydrogens is 226 g/mol. The first-order valence-electron chi connectivity index (χ1n) is 7.08. The molecule has 4 heteroatoms. The molecule has 0 aliphatic carbocycles. The summed E-state index contributed by atoms with van der Waals surface area (Å²) in [6.07, 6.45) is 5.59. The molecule has 0 aromatic carbocycles. The van der Waals surface area contributed by atoms with E-state index in [0.29, 0.717) is 12.0 Å². The van der Waals surface area contributed by atoms with Gasteiger partial charge in [0.25, 0.3) is 6.01 Å². The Kier molecular flexibility index (Phi) is 4.64. The van der Waals surface area contributed by atoms with E-state index in [1.165, 1.54) is 19.3 Å². The topological polar surface area (TPSA) is 41.3 Å². The zero-order valence-corrected chi connectivity index (χ0v) is 11.8. The molecule has 0 amide bonds. The van der Waals surface area contributed by atoms with Crippen LogP contribution in [-0.2, 0) is 6.54 Å². The maximum absolute atomic E-state index is 5.61. The molecular formula is C14H25N3O. The number of anilines is 1. The van der Waals surface area contributed by atoms with Crippen molar-refractivity contribution in [3.05, 3.63) is 12.0 Å². The van der Waals surface area contributed by atoms with E-state index in [9.17, 15) is 0 Å². The summed E-state index contributed by atoms with van der Waals surface area (Å²) >= 11 is 0. The van der Waals surface area contributed by atoms with E-state index in [2.05, 4.69) is 36.0 Å². The molecule has 1 aliphatic rings. The van der Waals surface area contributed by atoms with E-state index in [0.717, 1.165) is 31.3 Å². The summed E-state index contributed by atoms with van der Waals surface area (Å²) in [4.78, 5) is 6.87.